The highest BCUT2D eigenvalue weighted by molar-refractivity contribution is 7.59. The van der Waals surface area contributed by atoms with E-state index in [0.29, 0.717) is 63.8 Å². The van der Waals surface area contributed by atoms with Crippen molar-refractivity contribution < 1.29 is 24.4 Å². The summed E-state index contributed by atoms with van der Waals surface area (Å²) in [6.45, 7) is 16.4. The number of para-hydroxylation sites is 2. The summed E-state index contributed by atoms with van der Waals surface area (Å²) in [5.41, 5.74) is 4.87. The predicted octanol–water partition coefficient (Wildman–Crippen LogP) is 7.93. The Morgan fingerprint density at radius 1 is 0.635 bits per heavy atom. The third-order valence-electron chi connectivity index (χ3n) is 12.2. The van der Waals surface area contributed by atoms with E-state index >= 15 is 0 Å². The first kappa shape index (κ1) is 52.0. The van der Waals surface area contributed by atoms with Crippen LogP contribution >= 0.6 is 38.6 Å². The number of aryl methyl sites for hydroxylation is 2. The molecule has 7 heterocycles. The fraction of sp³-hybridized carbons (Fsp3) is 0.308. The molecule has 18 nitrogen and oxygen atoms in total. The lowest BCUT2D eigenvalue weighted by Crippen LogP contribution is -2.41. The number of rotatable bonds is 12. The summed E-state index contributed by atoms with van der Waals surface area (Å²) in [4.78, 5) is 65.8. The fourth-order valence-electron chi connectivity index (χ4n) is 7.45. The molecular weight excluding hydrogens is 995 g/mol. The minimum absolute atomic E-state index is 0. The standard InChI is InChI=1S/C23H23N7O.C18H18ClN5O.C11H17BN2O2.2H2S/c1-14(17-5-4-6-18-19(23(31)24-3)7-8-25-22(17)18)10-28-21-9-20(29-13-30-21)16-11-26-15(2)27-12-16;1-11(9-22-16-8-15(19)23-10-24-16)12-4-3-5-13-14(18(25)20-2)6-7-21-17(12)13;1-8-13-6-9(7-14-8)12-15-10(2,3)11(4,5)16-12;;/h4-9,11-14H,10H2,1-3H3,(H,24,31)(H,28,29,30);3-8,10-11H,9H2,1-2H3,(H,20,25)(H,22,23,24);6-7H,1-5H3;2*1H2/t14-;11-;;;/m11.../s1/i11D,12D;;6D,7D;;. The van der Waals surface area contributed by atoms with Gasteiger partial charge in [-0.2, -0.15) is 27.0 Å². The number of amides is 2. The first-order chi connectivity index (χ1) is 36.1. The number of nitrogens with zero attached hydrogens (tertiary/aromatic N) is 10. The van der Waals surface area contributed by atoms with Gasteiger partial charge in [0.15, 0.2) is 0 Å². The second-order valence-electron chi connectivity index (χ2n) is 17.8. The molecule has 0 unspecified atom stereocenters. The lowest BCUT2D eigenvalue weighted by atomic mass is 9.81. The van der Waals surface area contributed by atoms with E-state index in [1.807, 2.05) is 64.1 Å². The van der Waals surface area contributed by atoms with Gasteiger partial charge < -0.3 is 30.6 Å². The van der Waals surface area contributed by atoms with Crippen LogP contribution in [0.15, 0.2) is 110 Å². The molecule has 6 aromatic heterocycles. The third kappa shape index (κ3) is 14.0. The lowest BCUT2D eigenvalue weighted by Gasteiger charge is -2.32. The molecule has 2 aromatic carbocycles. The van der Waals surface area contributed by atoms with Crippen molar-refractivity contribution in [2.75, 3.05) is 37.8 Å². The molecule has 0 aliphatic carbocycles. The van der Waals surface area contributed by atoms with Crippen LogP contribution in [0.2, 0.25) is 5.15 Å². The number of anilines is 2. The Balaban J connectivity index is 0.000000222. The molecule has 1 fully saturated rings. The van der Waals surface area contributed by atoms with Crippen molar-refractivity contribution in [2.45, 2.75) is 78.4 Å². The zero-order valence-electron chi connectivity index (χ0n) is 46.7. The molecule has 0 saturated carbocycles. The molecule has 2 atom stereocenters. The van der Waals surface area contributed by atoms with Crippen molar-refractivity contribution >= 4 is 96.4 Å². The van der Waals surface area contributed by atoms with Crippen LogP contribution in [0.3, 0.4) is 0 Å². The molecule has 22 heteroatoms. The van der Waals surface area contributed by atoms with Gasteiger partial charge in [0.25, 0.3) is 11.8 Å². The van der Waals surface area contributed by atoms with E-state index in [0.717, 1.165) is 32.9 Å². The second kappa shape index (κ2) is 25.8. The van der Waals surface area contributed by atoms with Gasteiger partial charge in [0.2, 0.25) is 0 Å². The van der Waals surface area contributed by atoms with E-state index in [4.69, 9.17) is 26.4 Å². The van der Waals surface area contributed by atoms with E-state index < -0.39 is 18.3 Å². The van der Waals surface area contributed by atoms with Gasteiger partial charge in [0, 0.05) is 110 Å². The summed E-state index contributed by atoms with van der Waals surface area (Å²) in [6.07, 6.45) is 6.02. The maximum Gasteiger partial charge on any atom is 0.498 e. The highest BCUT2D eigenvalue weighted by Crippen LogP contribution is 2.36. The van der Waals surface area contributed by atoms with Gasteiger partial charge >= 0.3 is 7.12 Å². The van der Waals surface area contributed by atoms with Crippen molar-refractivity contribution in [1.82, 2.24) is 60.5 Å². The van der Waals surface area contributed by atoms with Gasteiger partial charge in [-0.15, -0.1) is 0 Å². The summed E-state index contributed by atoms with van der Waals surface area (Å²) in [7, 11) is 2.48. The van der Waals surface area contributed by atoms with Crippen LogP contribution < -0.4 is 26.7 Å². The maximum atomic E-state index is 12.2. The lowest BCUT2D eigenvalue weighted by molar-refractivity contribution is 0.00578. The minimum Gasteiger partial charge on any atom is -0.399 e. The molecule has 2 amide bonds. The smallest absolute Gasteiger partial charge is 0.399 e. The Bertz CT molecular complexity index is 3390. The number of hydrogen-bond acceptors (Lipinski definition) is 16. The van der Waals surface area contributed by atoms with Crippen LogP contribution in [0, 0.1) is 13.8 Å². The van der Waals surface area contributed by atoms with Crippen LogP contribution in [0.5, 0.6) is 0 Å². The van der Waals surface area contributed by atoms with Crippen molar-refractivity contribution in [3.63, 3.8) is 0 Å². The number of nitrogens with one attached hydrogen (secondary N) is 4. The Morgan fingerprint density at radius 3 is 1.54 bits per heavy atom. The summed E-state index contributed by atoms with van der Waals surface area (Å²) in [5.74, 6) is 1.96. The maximum absolute atomic E-state index is 12.2. The Kier molecular flexibility index (Phi) is 18.2. The third-order valence-corrected chi connectivity index (χ3v) is 12.4. The van der Waals surface area contributed by atoms with Crippen LogP contribution in [0.1, 0.15) is 102 Å². The van der Waals surface area contributed by atoms with Crippen LogP contribution in [-0.4, -0.2) is 107 Å². The fourth-order valence-corrected chi connectivity index (χ4v) is 7.60. The van der Waals surface area contributed by atoms with E-state index in [2.05, 4.69) is 85.0 Å². The molecular formula is C52H62BClN14O4S2. The molecule has 386 valence electrons. The summed E-state index contributed by atoms with van der Waals surface area (Å²) >= 11 is 5.88. The van der Waals surface area contributed by atoms with Gasteiger partial charge in [0.1, 0.15) is 41.1 Å². The summed E-state index contributed by atoms with van der Waals surface area (Å²) in [5, 5.41) is 13.9. The molecule has 0 bridgehead atoms. The molecule has 0 spiro atoms. The normalized spacial score (nSPS) is 14.6. The number of fused-ring (bicyclic) bond motifs is 2. The molecule has 0 radical (unpaired) electrons. The van der Waals surface area contributed by atoms with Crippen LogP contribution in [-0.2, 0) is 9.31 Å². The average molecular weight is 1060 g/mol. The quantitative estimate of drug-likeness (QED) is 0.0672. The largest absolute Gasteiger partial charge is 0.498 e. The van der Waals surface area contributed by atoms with E-state index in [-0.39, 0.29) is 80.9 Å². The number of hydrogen-bond donors (Lipinski definition) is 4. The molecule has 1 aliphatic heterocycles. The van der Waals surface area contributed by atoms with E-state index in [1.54, 1.807) is 64.6 Å². The van der Waals surface area contributed by atoms with Crippen LogP contribution in [0.25, 0.3) is 33.1 Å². The van der Waals surface area contributed by atoms with Crippen molar-refractivity contribution in [3.8, 4) is 11.3 Å². The molecule has 74 heavy (non-hydrogen) atoms. The Labute approximate surface area is 456 Å². The topological polar surface area (TPSA) is 230 Å². The molecule has 9 rings (SSSR count). The number of benzene rings is 2. The van der Waals surface area contributed by atoms with Gasteiger partial charge in [-0.25, -0.2) is 39.9 Å². The monoisotopic (exact) mass is 1060 g/mol. The Hall–Kier alpha value is -6.91. The number of carbonyl (C=O) groups excluding carboxylic acids is 2. The van der Waals surface area contributed by atoms with E-state index in [9.17, 15) is 9.59 Å². The van der Waals surface area contributed by atoms with Crippen molar-refractivity contribution in [3.05, 3.63) is 149 Å². The molecule has 1 saturated heterocycles. The minimum atomic E-state index is -0.754. The number of carbonyl (C=O) groups is 2. The first-order valence-corrected chi connectivity index (χ1v) is 23.5. The predicted molar refractivity (Wildman–Crippen MR) is 302 cm³/mol. The zero-order chi connectivity index (χ0) is 55.1. The van der Waals surface area contributed by atoms with Gasteiger partial charge in [-0.3, -0.25) is 19.6 Å². The number of aromatic nitrogens is 10. The van der Waals surface area contributed by atoms with Crippen LogP contribution in [0.4, 0.5) is 11.6 Å². The highest BCUT2D eigenvalue weighted by Gasteiger charge is 2.52. The van der Waals surface area contributed by atoms with Gasteiger partial charge in [-0.05, 0) is 64.8 Å². The van der Waals surface area contributed by atoms with Crippen molar-refractivity contribution in [2.24, 2.45) is 0 Å². The first-order valence-electron chi connectivity index (χ1n) is 25.1. The summed E-state index contributed by atoms with van der Waals surface area (Å²) < 4.78 is 43.5. The van der Waals surface area contributed by atoms with Gasteiger partial charge in [0.05, 0.1) is 44.5 Å². The Morgan fingerprint density at radius 2 is 1.08 bits per heavy atom. The molecule has 1 aliphatic rings. The molecule has 4 N–H and O–H groups in total. The zero-order valence-corrected chi connectivity index (χ0v) is 45.5. The van der Waals surface area contributed by atoms with Crippen molar-refractivity contribution in [1.29, 1.82) is 0 Å². The summed E-state index contributed by atoms with van der Waals surface area (Å²) in [6, 6.07) is 18.5. The van der Waals surface area contributed by atoms with E-state index in [1.165, 1.54) is 12.7 Å². The number of pyridine rings is 2. The highest BCUT2D eigenvalue weighted by atomic mass is 35.5. The SMILES string of the molecule is CNC(=O)c1ccnc2c([C@H](C)CNc3cc(Cl)ncn3)cccc12.S.S.[2H]c1nc(C)nc([2H])c1-c1cc(NC[C@@H](C)c2cccc3c(C(=O)NC)ccnc23)ncn1.[2H]c1nc(C)nc([2H])c1B1OC(C)(C)C(C)(C)O1. The second-order valence-corrected chi connectivity index (χ2v) is 18.2. The number of halogens is 1. The van der Waals surface area contributed by atoms with Gasteiger partial charge in [-0.1, -0.05) is 61.8 Å². The molecule has 8 aromatic rings. The average Bonchev–Trinajstić information content (AvgIpc) is 3.60.